The van der Waals surface area contributed by atoms with Crippen molar-refractivity contribution >= 4 is 11.8 Å². The Bertz CT molecular complexity index is 363. The first-order valence-corrected chi connectivity index (χ1v) is 7.62. The second-order valence-electron chi connectivity index (χ2n) is 4.89. The van der Waals surface area contributed by atoms with E-state index in [1.165, 1.54) is 5.56 Å². The van der Waals surface area contributed by atoms with Crippen LogP contribution in [-0.2, 0) is 11.8 Å². The van der Waals surface area contributed by atoms with E-state index in [2.05, 4.69) is 18.2 Å². The van der Waals surface area contributed by atoms with E-state index < -0.39 is 0 Å². The second kappa shape index (κ2) is 6.59. The fourth-order valence-electron chi connectivity index (χ4n) is 2.25. The zero-order chi connectivity index (χ0) is 13.0. The molecule has 0 spiro atoms. The molecule has 4 nitrogen and oxygen atoms in total. The number of thioether (sulfide) groups is 1. The van der Waals surface area contributed by atoms with Gasteiger partial charge in [-0.3, -0.25) is 4.68 Å². The monoisotopic (exact) mass is 269 g/mol. The Kier molecular flexibility index (Phi) is 5.09. The number of nitrogens with zero attached hydrogens (tertiary/aromatic N) is 2. The molecule has 2 heterocycles. The largest absolute Gasteiger partial charge is 0.381 e. The Balaban J connectivity index is 2.04. The molecule has 1 aromatic heterocycles. The highest BCUT2D eigenvalue weighted by atomic mass is 32.2. The first-order valence-electron chi connectivity index (χ1n) is 6.68. The quantitative estimate of drug-likeness (QED) is 0.889. The van der Waals surface area contributed by atoms with Crippen LogP contribution >= 0.6 is 11.8 Å². The highest BCUT2D eigenvalue weighted by Gasteiger charge is 2.25. The summed E-state index contributed by atoms with van der Waals surface area (Å²) in [5.41, 5.74) is 7.54. The number of hydrogen-bond donors (Lipinski definition) is 1. The van der Waals surface area contributed by atoms with Gasteiger partial charge in [0.25, 0.3) is 0 Å². The minimum Gasteiger partial charge on any atom is -0.381 e. The number of aromatic nitrogens is 2. The summed E-state index contributed by atoms with van der Waals surface area (Å²) in [4.78, 5) is 0. The molecular formula is C13H23N3OS. The van der Waals surface area contributed by atoms with Crippen LogP contribution in [0.15, 0.2) is 12.4 Å². The van der Waals surface area contributed by atoms with Crippen LogP contribution in [-0.4, -0.2) is 34.3 Å². The third kappa shape index (κ3) is 3.49. The summed E-state index contributed by atoms with van der Waals surface area (Å²) >= 11 is 2.01. The summed E-state index contributed by atoms with van der Waals surface area (Å²) in [6.07, 6.45) is 7.31. The lowest BCUT2D eigenvalue weighted by Crippen LogP contribution is -2.28. The molecule has 2 rings (SSSR count). The maximum absolute atomic E-state index is 6.29. The lowest BCUT2D eigenvalue weighted by atomic mass is 10.1. The molecule has 0 aliphatic carbocycles. The van der Waals surface area contributed by atoms with Crippen molar-refractivity contribution < 1.29 is 4.74 Å². The van der Waals surface area contributed by atoms with Crippen molar-refractivity contribution in [1.29, 1.82) is 0 Å². The van der Waals surface area contributed by atoms with E-state index in [4.69, 9.17) is 10.5 Å². The zero-order valence-corrected chi connectivity index (χ0v) is 12.0. The van der Waals surface area contributed by atoms with E-state index >= 15 is 0 Å². The summed E-state index contributed by atoms with van der Waals surface area (Å²) in [5, 5.41) is 5.29. The van der Waals surface area contributed by atoms with Crippen LogP contribution in [0.2, 0.25) is 0 Å². The fraction of sp³-hybridized carbons (Fsp3) is 0.769. The van der Waals surface area contributed by atoms with Gasteiger partial charge >= 0.3 is 0 Å². The molecular weight excluding hydrogens is 246 g/mol. The summed E-state index contributed by atoms with van der Waals surface area (Å²) in [6.45, 7) is 3.93. The van der Waals surface area contributed by atoms with Crippen LogP contribution in [0, 0.1) is 0 Å². The van der Waals surface area contributed by atoms with E-state index in [9.17, 15) is 0 Å². The van der Waals surface area contributed by atoms with Crippen molar-refractivity contribution in [2.45, 2.75) is 42.7 Å². The SMILES string of the molecule is CCC(N)C(SC1CCOCC1)c1cnn(C)c1. The van der Waals surface area contributed by atoms with Crippen molar-refractivity contribution in [3.8, 4) is 0 Å². The molecule has 0 saturated carbocycles. The van der Waals surface area contributed by atoms with Crippen LogP contribution < -0.4 is 5.73 Å². The lowest BCUT2D eigenvalue weighted by molar-refractivity contribution is 0.0999. The average molecular weight is 269 g/mol. The minimum atomic E-state index is 0.196. The normalized spacial score (nSPS) is 20.8. The number of aryl methyl sites for hydroxylation is 1. The van der Waals surface area contributed by atoms with Gasteiger partial charge in [0.15, 0.2) is 0 Å². The highest BCUT2D eigenvalue weighted by Crippen LogP contribution is 2.38. The van der Waals surface area contributed by atoms with E-state index in [1.54, 1.807) is 0 Å². The van der Waals surface area contributed by atoms with Gasteiger partial charge in [-0.05, 0) is 19.3 Å². The molecule has 1 saturated heterocycles. The summed E-state index contributed by atoms with van der Waals surface area (Å²) < 4.78 is 7.27. The smallest absolute Gasteiger partial charge is 0.0533 e. The maximum atomic E-state index is 6.29. The molecule has 102 valence electrons. The first-order chi connectivity index (χ1) is 8.70. The number of nitrogens with two attached hydrogens (primary N) is 1. The Morgan fingerprint density at radius 2 is 2.28 bits per heavy atom. The molecule has 18 heavy (non-hydrogen) atoms. The Morgan fingerprint density at radius 1 is 1.56 bits per heavy atom. The molecule has 5 heteroatoms. The van der Waals surface area contributed by atoms with E-state index in [1.807, 2.05) is 29.7 Å². The molecule has 1 aliphatic heterocycles. The van der Waals surface area contributed by atoms with Crippen LogP contribution in [0.3, 0.4) is 0 Å². The fourth-order valence-corrected chi connectivity index (χ4v) is 3.80. The van der Waals surface area contributed by atoms with Crippen molar-refractivity contribution in [3.63, 3.8) is 0 Å². The number of rotatable bonds is 5. The number of ether oxygens (including phenoxy) is 1. The van der Waals surface area contributed by atoms with Gasteiger partial charge in [-0.1, -0.05) is 6.92 Å². The maximum Gasteiger partial charge on any atom is 0.0533 e. The van der Waals surface area contributed by atoms with Crippen molar-refractivity contribution in [1.82, 2.24) is 9.78 Å². The van der Waals surface area contributed by atoms with E-state index in [0.29, 0.717) is 10.5 Å². The zero-order valence-electron chi connectivity index (χ0n) is 11.2. The molecule has 1 aliphatic rings. The Hall–Kier alpha value is -0.520. The van der Waals surface area contributed by atoms with Crippen LogP contribution in [0.25, 0.3) is 0 Å². The average Bonchev–Trinajstić information content (AvgIpc) is 2.83. The van der Waals surface area contributed by atoms with Crippen LogP contribution in [0.1, 0.15) is 37.0 Å². The highest BCUT2D eigenvalue weighted by molar-refractivity contribution is 8.00. The summed E-state index contributed by atoms with van der Waals surface area (Å²) in [5.74, 6) is 0. The standard InChI is InChI=1S/C13H23N3OS/c1-3-12(14)13(10-8-15-16(2)9-10)18-11-4-6-17-7-5-11/h8-9,11-13H,3-7,14H2,1-2H3. The van der Waals surface area contributed by atoms with Gasteiger partial charge in [-0.2, -0.15) is 5.10 Å². The third-order valence-corrected chi connectivity index (χ3v) is 5.19. The Labute approximate surface area is 113 Å². The molecule has 0 radical (unpaired) electrons. The Morgan fingerprint density at radius 3 is 2.83 bits per heavy atom. The second-order valence-corrected chi connectivity index (χ2v) is 6.33. The molecule has 2 atom stereocenters. The molecule has 0 aromatic carbocycles. The van der Waals surface area contributed by atoms with Crippen LogP contribution in [0.4, 0.5) is 0 Å². The van der Waals surface area contributed by atoms with Gasteiger partial charge in [0.2, 0.25) is 0 Å². The molecule has 0 bridgehead atoms. The molecule has 2 unspecified atom stereocenters. The van der Waals surface area contributed by atoms with Crippen molar-refractivity contribution in [3.05, 3.63) is 18.0 Å². The van der Waals surface area contributed by atoms with Gasteiger partial charge in [0, 0.05) is 48.6 Å². The summed E-state index contributed by atoms with van der Waals surface area (Å²) in [7, 11) is 1.96. The third-order valence-electron chi connectivity index (χ3n) is 3.42. The molecule has 1 aromatic rings. The molecule has 0 amide bonds. The molecule has 2 N–H and O–H groups in total. The predicted molar refractivity (Wildman–Crippen MR) is 75.6 cm³/mol. The van der Waals surface area contributed by atoms with Crippen molar-refractivity contribution in [2.75, 3.05) is 13.2 Å². The predicted octanol–water partition coefficient (Wildman–Crippen LogP) is 2.11. The minimum absolute atomic E-state index is 0.196. The number of hydrogen-bond acceptors (Lipinski definition) is 4. The van der Waals surface area contributed by atoms with E-state index in [0.717, 1.165) is 32.5 Å². The topological polar surface area (TPSA) is 53.1 Å². The van der Waals surface area contributed by atoms with E-state index in [-0.39, 0.29) is 6.04 Å². The van der Waals surface area contributed by atoms with Gasteiger partial charge in [-0.15, -0.1) is 11.8 Å². The first kappa shape index (κ1) is 13.9. The lowest BCUT2D eigenvalue weighted by Gasteiger charge is -2.28. The van der Waals surface area contributed by atoms with Gasteiger partial charge in [0.1, 0.15) is 0 Å². The van der Waals surface area contributed by atoms with Gasteiger partial charge in [0.05, 0.1) is 6.20 Å². The van der Waals surface area contributed by atoms with Crippen molar-refractivity contribution in [2.24, 2.45) is 12.8 Å². The summed E-state index contributed by atoms with van der Waals surface area (Å²) in [6, 6.07) is 0.196. The van der Waals surface area contributed by atoms with Crippen LogP contribution in [0.5, 0.6) is 0 Å². The van der Waals surface area contributed by atoms with Gasteiger partial charge < -0.3 is 10.5 Å². The molecule has 1 fully saturated rings. The van der Waals surface area contributed by atoms with Gasteiger partial charge in [-0.25, -0.2) is 0 Å².